The first kappa shape index (κ1) is 23.2. The van der Waals surface area contributed by atoms with Crippen LogP contribution in [-0.4, -0.2) is 27.7 Å². The van der Waals surface area contributed by atoms with Gasteiger partial charge < -0.3 is 9.47 Å². The molecule has 176 valence electrons. The van der Waals surface area contributed by atoms with Crippen LogP contribution in [0.1, 0.15) is 42.6 Å². The molecule has 2 heterocycles. The number of pyridine rings is 1. The van der Waals surface area contributed by atoms with Gasteiger partial charge in [0, 0.05) is 11.8 Å². The van der Waals surface area contributed by atoms with Crippen LogP contribution in [0, 0.1) is 11.3 Å². The number of nitriles is 1. The van der Waals surface area contributed by atoms with Crippen LogP contribution in [0.2, 0.25) is 10.0 Å². The molecule has 0 amide bonds. The summed E-state index contributed by atoms with van der Waals surface area (Å²) in [4.78, 5) is 9.25. The number of benzene rings is 2. The van der Waals surface area contributed by atoms with Gasteiger partial charge in [0.25, 0.3) is 0 Å². The summed E-state index contributed by atoms with van der Waals surface area (Å²) in [7, 11) is 1.65. The van der Waals surface area contributed by atoms with Crippen molar-refractivity contribution in [3.8, 4) is 23.4 Å². The molecular formula is C27H22Cl2N4O2. The standard InChI is InChI=1S/C27H22Cl2N4O2/c1-34-24-8-4-5-18(27(24)35-19-6-2-3-7-19)10-12-26-32-22-13-20(28)21(29)14-23(22)33(26)25-11-9-17(15-30)16-31-25/h4-5,8-14,16,19H,2-3,6-7H2,1H3. The molecule has 4 aromatic rings. The van der Waals surface area contributed by atoms with Gasteiger partial charge in [-0.15, -0.1) is 0 Å². The molecule has 1 aliphatic carbocycles. The number of nitrogens with zero attached hydrogens (tertiary/aromatic N) is 4. The van der Waals surface area contributed by atoms with Crippen molar-refractivity contribution in [3.05, 3.63) is 75.7 Å². The molecule has 1 aliphatic rings. The average Bonchev–Trinajstić information content (AvgIpc) is 3.51. The number of aromatic nitrogens is 3. The van der Waals surface area contributed by atoms with E-state index in [2.05, 4.69) is 11.1 Å². The number of rotatable bonds is 6. The van der Waals surface area contributed by atoms with E-state index >= 15 is 0 Å². The smallest absolute Gasteiger partial charge is 0.168 e. The highest BCUT2D eigenvalue weighted by Gasteiger charge is 2.20. The second-order valence-corrected chi connectivity index (χ2v) is 9.13. The van der Waals surface area contributed by atoms with E-state index in [0.29, 0.717) is 38.5 Å². The second-order valence-electron chi connectivity index (χ2n) is 8.31. The van der Waals surface area contributed by atoms with Crippen LogP contribution in [0.4, 0.5) is 0 Å². The lowest BCUT2D eigenvalue weighted by Crippen LogP contribution is -2.12. The first-order chi connectivity index (χ1) is 17.1. The Kier molecular flexibility index (Phi) is 6.63. The van der Waals surface area contributed by atoms with Crippen LogP contribution in [0.15, 0.2) is 48.7 Å². The number of hydrogen-bond acceptors (Lipinski definition) is 5. The van der Waals surface area contributed by atoms with Crippen molar-refractivity contribution in [1.82, 2.24) is 14.5 Å². The molecule has 8 heteroatoms. The molecule has 0 saturated heterocycles. The average molecular weight is 505 g/mol. The van der Waals surface area contributed by atoms with Crippen LogP contribution >= 0.6 is 23.2 Å². The van der Waals surface area contributed by atoms with Crippen molar-refractivity contribution in [3.63, 3.8) is 0 Å². The molecule has 5 rings (SSSR count). The number of halogens is 2. The molecule has 0 unspecified atom stereocenters. The predicted molar refractivity (Wildman–Crippen MR) is 138 cm³/mol. The maximum atomic E-state index is 9.16. The van der Waals surface area contributed by atoms with Crippen molar-refractivity contribution < 1.29 is 9.47 Å². The fourth-order valence-electron chi connectivity index (χ4n) is 4.32. The molecule has 2 aromatic carbocycles. The zero-order valence-corrected chi connectivity index (χ0v) is 20.6. The van der Waals surface area contributed by atoms with Crippen molar-refractivity contribution in [2.75, 3.05) is 7.11 Å². The van der Waals surface area contributed by atoms with Crippen molar-refractivity contribution >= 4 is 46.4 Å². The van der Waals surface area contributed by atoms with Gasteiger partial charge in [0.2, 0.25) is 0 Å². The normalized spacial score (nSPS) is 14.0. The van der Waals surface area contributed by atoms with Crippen LogP contribution < -0.4 is 9.47 Å². The molecular weight excluding hydrogens is 483 g/mol. The largest absolute Gasteiger partial charge is 0.493 e. The Hall–Kier alpha value is -3.53. The van der Waals surface area contributed by atoms with E-state index in [1.165, 1.54) is 19.0 Å². The van der Waals surface area contributed by atoms with Crippen LogP contribution in [-0.2, 0) is 0 Å². The van der Waals surface area contributed by atoms with Gasteiger partial charge in [-0.3, -0.25) is 4.57 Å². The van der Waals surface area contributed by atoms with Gasteiger partial charge in [0.1, 0.15) is 17.7 Å². The van der Waals surface area contributed by atoms with E-state index in [-0.39, 0.29) is 6.10 Å². The predicted octanol–water partition coefficient (Wildman–Crippen LogP) is 7.10. The third kappa shape index (κ3) is 4.70. The quantitative estimate of drug-likeness (QED) is 0.280. The molecule has 0 aliphatic heterocycles. The Morgan fingerprint density at radius 3 is 2.60 bits per heavy atom. The summed E-state index contributed by atoms with van der Waals surface area (Å²) in [6.07, 6.45) is 10.0. The highest BCUT2D eigenvalue weighted by atomic mass is 35.5. The Labute approximate surface area is 213 Å². The van der Waals surface area contributed by atoms with Gasteiger partial charge in [-0.1, -0.05) is 35.3 Å². The molecule has 0 spiro atoms. The van der Waals surface area contributed by atoms with E-state index in [0.717, 1.165) is 29.7 Å². The minimum atomic E-state index is 0.190. The molecule has 0 atom stereocenters. The molecule has 0 radical (unpaired) electrons. The van der Waals surface area contributed by atoms with Crippen LogP contribution in [0.25, 0.3) is 29.0 Å². The first-order valence-electron chi connectivity index (χ1n) is 11.3. The Bertz CT molecular complexity index is 1450. The maximum absolute atomic E-state index is 9.16. The van der Waals surface area contributed by atoms with E-state index < -0.39 is 0 Å². The molecule has 35 heavy (non-hydrogen) atoms. The Morgan fingerprint density at radius 2 is 1.89 bits per heavy atom. The van der Waals surface area contributed by atoms with Gasteiger partial charge in [-0.05, 0) is 68.2 Å². The first-order valence-corrected chi connectivity index (χ1v) is 12.1. The number of hydrogen-bond donors (Lipinski definition) is 0. The minimum Gasteiger partial charge on any atom is -0.493 e. The third-order valence-corrected chi connectivity index (χ3v) is 6.78. The topological polar surface area (TPSA) is 73.0 Å². The number of imidazole rings is 1. The monoisotopic (exact) mass is 504 g/mol. The number of fused-ring (bicyclic) bond motifs is 1. The zero-order chi connectivity index (χ0) is 24.4. The molecule has 1 fully saturated rings. The van der Waals surface area contributed by atoms with E-state index in [1.54, 1.807) is 31.4 Å². The fraction of sp³-hybridized carbons (Fsp3) is 0.222. The van der Waals surface area contributed by atoms with Crippen LogP contribution in [0.3, 0.4) is 0 Å². The summed E-state index contributed by atoms with van der Waals surface area (Å²) in [5.41, 5.74) is 2.79. The third-order valence-electron chi connectivity index (χ3n) is 6.06. The zero-order valence-electron chi connectivity index (χ0n) is 19.0. The minimum absolute atomic E-state index is 0.190. The summed E-state index contributed by atoms with van der Waals surface area (Å²) in [5, 5.41) is 10.0. The van der Waals surface area contributed by atoms with Gasteiger partial charge in [-0.2, -0.15) is 5.26 Å². The Balaban J connectivity index is 1.61. The molecule has 0 N–H and O–H groups in total. The van der Waals surface area contributed by atoms with Gasteiger partial charge in [0.15, 0.2) is 11.5 Å². The summed E-state index contributed by atoms with van der Waals surface area (Å²) in [5.74, 6) is 2.66. The number of methoxy groups -OCH3 is 1. The maximum Gasteiger partial charge on any atom is 0.168 e. The summed E-state index contributed by atoms with van der Waals surface area (Å²) >= 11 is 12.6. The van der Waals surface area contributed by atoms with Gasteiger partial charge in [0.05, 0.1) is 39.9 Å². The van der Waals surface area contributed by atoms with E-state index in [1.807, 2.05) is 34.9 Å². The van der Waals surface area contributed by atoms with Crippen molar-refractivity contribution in [2.24, 2.45) is 0 Å². The highest BCUT2D eigenvalue weighted by molar-refractivity contribution is 6.42. The molecule has 6 nitrogen and oxygen atoms in total. The Morgan fingerprint density at radius 1 is 1.09 bits per heavy atom. The SMILES string of the molecule is COc1cccc(C=Cc2nc3cc(Cl)c(Cl)cc3n2-c2ccc(C#N)cn2)c1OC1CCCC1. The lowest BCUT2D eigenvalue weighted by Gasteiger charge is -2.18. The number of para-hydroxylation sites is 1. The van der Waals surface area contributed by atoms with Gasteiger partial charge in [-0.25, -0.2) is 9.97 Å². The fourth-order valence-corrected chi connectivity index (χ4v) is 4.63. The van der Waals surface area contributed by atoms with E-state index in [4.69, 9.17) is 42.9 Å². The van der Waals surface area contributed by atoms with Gasteiger partial charge >= 0.3 is 0 Å². The lowest BCUT2D eigenvalue weighted by molar-refractivity contribution is 0.200. The summed E-state index contributed by atoms with van der Waals surface area (Å²) in [6.45, 7) is 0. The summed E-state index contributed by atoms with van der Waals surface area (Å²) in [6, 6.07) is 14.9. The second kappa shape index (κ2) is 9.99. The van der Waals surface area contributed by atoms with Crippen LogP contribution in [0.5, 0.6) is 11.5 Å². The lowest BCUT2D eigenvalue weighted by atomic mass is 10.1. The highest BCUT2D eigenvalue weighted by Crippen LogP contribution is 2.36. The summed E-state index contributed by atoms with van der Waals surface area (Å²) < 4.78 is 13.8. The molecule has 2 aromatic heterocycles. The molecule has 0 bridgehead atoms. The van der Waals surface area contributed by atoms with Crippen molar-refractivity contribution in [2.45, 2.75) is 31.8 Å². The van der Waals surface area contributed by atoms with E-state index in [9.17, 15) is 0 Å². The molecule has 1 saturated carbocycles. The number of ether oxygens (including phenoxy) is 2. The van der Waals surface area contributed by atoms with Crippen molar-refractivity contribution in [1.29, 1.82) is 5.26 Å².